The Morgan fingerprint density at radius 2 is 1.94 bits per heavy atom. The lowest BCUT2D eigenvalue weighted by Crippen LogP contribution is -2.24. The number of aliphatic carboxylic acids is 1. The third-order valence-electron chi connectivity index (χ3n) is 2.13. The van der Waals surface area contributed by atoms with Crippen molar-refractivity contribution in [1.29, 1.82) is 0 Å². The summed E-state index contributed by atoms with van der Waals surface area (Å²) in [6.07, 6.45) is -5.77. The molecule has 0 saturated carbocycles. The number of alkyl halides is 3. The Kier molecular flexibility index (Phi) is 4.27. The van der Waals surface area contributed by atoms with E-state index in [4.69, 9.17) is 28.3 Å². The first kappa shape index (κ1) is 14.1. The van der Waals surface area contributed by atoms with E-state index in [9.17, 15) is 18.0 Å². The molecule has 0 aromatic heterocycles. The first-order chi connectivity index (χ1) is 7.73. The molecule has 0 aliphatic rings. The molecule has 0 saturated heterocycles. The molecule has 1 atom stereocenters. The van der Waals surface area contributed by atoms with Gasteiger partial charge in [0.25, 0.3) is 0 Å². The highest BCUT2D eigenvalue weighted by atomic mass is 35.5. The van der Waals surface area contributed by atoms with E-state index in [1.807, 2.05) is 0 Å². The zero-order valence-corrected chi connectivity index (χ0v) is 9.77. The van der Waals surface area contributed by atoms with Crippen LogP contribution in [0.2, 0.25) is 10.0 Å². The maximum Gasteiger partial charge on any atom is 0.396 e. The quantitative estimate of drug-likeness (QED) is 0.908. The minimum absolute atomic E-state index is 0.0381. The third-order valence-corrected chi connectivity index (χ3v) is 2.96. The molecule has 1 unspecified atom stereocenters. The number of halogens is 5. The molecule has 7 heteroatoms. The fourth-order valence-corrected chi connectivity index (χ4v) is 1.81. The molecule has 0 amide bonds. The van der Waals surface area contributed by atoms with Gasteiger partial charge in [0.05, 0.1) is 22.4 Å². The summed E-state index contributed by atoms with van der Waals surface area (Å²) in [6, 6.07) is 3.75. The third kappa shape index (κ3) is 3.51. The number of carbonyl (C=O) groups is 1. The largest absolute Gasteiger partial charge is 0.481 e. The molecule has 1 N–H and O–H groups in total. The van der Waals surface area contributed by atoms with Gasteiger partial charge in [-0.2, -0.15) is 13.2 Å². The van der Waals surface area contributed by atoms with E-state index in [-0.39, 0.29) is 15.6 Å². The van der Waals surface area contributed by atoms with E-state index < -0.39 is 24.5 Å². The van der Waals surface area contributed by atoms with Crippen molar-refractivity contribution in [1.82, 2.24) is 0 Å². The zero-order valence-electron chi connectivity index (χ0n) is 8.26. The van der Waals surface area contributed by atoms with Gasteiger partial charge in [0.15, 0.2) is 0 Å². The number of carboxylic acids is 1. The van der Waals surface area contributed by atoms with Gasteiger partial charge in [0.1, 0.15) is 0 Å². The lowest BCUT2D eigenvalue weighted by atomic mass is 9.95. The number of rotatable bonds is 3. The molecule has 1 aromatic rings. The predicted octanol–water partition coefficient (Wildman–Crippen LogP) is 4.11. The first-order valence-corrected chi connectivity index (χ1v) is 5.21. The average Bonchev–Trinajstić information content (AvgIpc) is 2.17. The number of hydrogen-bond acceptors (Lipinski definition) is 1. The van der Waals surface area contributed by atoms with Gasteiger partial charge < -0.3 is 5.11 Å². The van der Waals surface area contributed by atoms with Crippen LogP contribution in [0.1, 0.15) is 17.9 Å². The van der Waals surface area contributed by atoms with Crippen molar-refractivity contribution in [3.8, 4) is 0 Å². The van der Waals surface area contributed by atoms with E-state index in [1.54, 1.807) is 0 Å². The molecule has 0 aliphatic heterocycles. The van der Waals surface area contributed by atoms with E-state index in [0.29, 0.717) is 0 Å². The molecule has 1 aromatic carbocycles. The maximum atomic E-state index is 12.7. The minimum Gasteiger partial charge on any atom is -0.481 e. The van der Waals surface area contributed by atoms with Crippen LogP contribution in [0.25, 0.3) is 0 Å². The SMILES string of the molecule is O=C(O)CC(c1cccc(Cl)c1Cl)C(F)(F)F. The van der Waals surface area contributed by atoms with Gasteiger partial charge in [-0.25, -0.2) is 0 Å². The maximum absolute atomic E-state index is 12.7. The Morgan fingerprint density at radius 3 is 2.41 bits per heavy atom. The van der Waals surface area contributed by atoms with E-state index >= 15 is 0 Å². The highest BCUT2D eigenvalue weighted by Crippen LogP contribution is 2.42. The second kappa shape index (κ2) is 5.14. The second-order valence-corrected chi connectivity index (χ2v) is 4.12. The summed E-state index contributed by atoms with van der Waals surface area (Å²) in [5, 5.41) is 8.19. The van der Waals surface area contributed by atoms with Crippen LogP contribution < -0.4 is 0 Å². The van der Waals surface area contributed by atoms with Crippen molar-refractivity contribution in [3.63, 3.8) is 0 Å². The van der Waals surface area contributed by atoms with E-state index in [0.717, 1.165) is 6.07 Å². The summed E-state index contributed by atoms with van der Waals surface area (Å²) >= 11 is 11.3. The molecular weight excluding hydrogens is 280 g/mol. The highest BCUT2D eigenvalue weighted by Gasteiger charge is 2.43. The van der Waals surface area contributed by atoms with Gasteiger partial charge in [-0.05, 0) is 11.6 Å². The molecule has 0 spiro atoms. The fraction of sp³-hybridized carbons (Fsp3) is 0.300. The molecule has 0 radical (unpaired) electrons. The van der Waals surface area contributed by atoms with Crippen LogP contribution in [0.4, 0.5) is 13.2 Å². The average molecular weight is 287 g/mol. The van der Waals surface area contributed by atoms with Gasteiger partial charge in [-0.1, -0.05) is 35.3 Å². The van der Waals surface area contributed by atoms with Crippen LogP contribution in [-0.4, -0.2) is 17.3 Å². The number of carboxylic acid groups (broad SMARTS) is 1. The van der Waals surface area contributed by atoms with Crippen LogP contribution in [0.5, 0.6) is 0 Å². The first-order valence-electron chi connectivity index (χ1n) is 4.46. The molecule has 0 fully saturated rings. The normalized spacial score (nSPS) is 13.5. The smallest absolute Gasteiger partial charge is 0.396 e. The summed E-state index contributed by atoms with van der Waals surface area (Å²) in [5.41, 5.74) is -0.325. The molecule has 0 bridgehead atoms. The summed E-state index contributed by atoms with van der Waals surface area (Å²) in [5.74, 6) is -3.71. The lowest BCUT2D eigenvalue weighted by Gasteiger charge is -2.20. The molecule has 1 rings (SSSR count). The van der Waals surface area contributed by atoms with Crippen molar-refractivity contribution < 1.29 is 23.1 Å². The number of hydrogen-bond donors (Lipinski definition) is 1. The van der Waals surface area contributed by atoms with Gasteiger partial charge >= 0.3 is 12.1 Å². The molecule has 94 valence electrons. The Balaban J connectivity index is 3.22. The van der Waals surface area contributed by atoms with Crippen LogP contribution >= 0.6 is 23.2 Å². The Labute approximate surface area is 105 Å². The van der Waals surface area contributed by atoms with E-state index in [1.165, 1.54) is 12.1 Å². The van der Waals surface area contributed by atoms with Crippen molar-refractivity contribution in [2.45, 2.75) is 18.5 Å². The van der Waals surface area contributed by atoms with Crippen LogP contribution in [0.15, 0.2) is 18.2 Å². The Bertz CT molecular complexity index is 432. The Hall–Kier alpha value is -0.940. The van der Waals surface area contributed by atoms with Crippen LogP contribution in [-0.2, 0) is 4.79 Å². The molecule has 2 nitrogen and oxygen atoms in total. The Morgan fingerprint density at radius 1 is 1.35 bits per heavy atom. The summed E-state index contributed by atoms with van der Waals surface area (Å²) < 4.78 is 38.1. The zero-order chi connectivity index (χ0) is 13.2. The van der Waals surface area contributed by atoms with Crippen LogP contribution in [0, 0.1) is 0 Å². The van der Waals surface area contributed by atoms with Crippen molar-refractivity contribution in [3.05, 3.63) is 33.8 Å². The lowest BCUT2D eigenvalue weighted by molar-refractivity contribution is -0.163. The number of benzene rings is 1. The van der Waals surface area contributed by atoms with Gasteiger partial charge in [0, 0.05) is 0 Å². The van der Waals surface area contributed by atoms with Crippen molar-refractivity contribution in [2.75, 3.05) is 0 Å². The fourth-order valence-electron chi connectivity index (χ4n) is 1.37. The van der Waals surface area contributed by atoms with Gasteiger partial charge in [0.2, 0.25) is 0 Å². The summed E-state index contributed by atoms with van der Waals surface area (Å²) in [6.45, 7) is 0. The van der Waals surface area contributed by atoms with Crippen LogP contribution in [0.3, 0.4) is 0 Å². The predicted molar refractivity (Wildman–Crippen MR) is 57.5 cm³/mol. The molecule has 0 heterocycles. The second-order valence-electron chi connectivity index (χ2n) is 3.34. The van der Waals surface area contributed by atoms with Gasteiger partial charge in [-0.15, -0.1) is 0 Å². The van der Waals surface area contributed by atoms with E-state index in [2.05, 4.69) is 0 Å². The summed E-state index contributed by atoms with van der Waals surface area (Å²) in [4.78, 5) is 10.4. The van der Waals surface area contributed by atoms with Gasteiger partial charge in [-0.3, -0.25) is 4.79 Å². The summed E-state index contributed by atoms with van der Waals surface area (Å²) in [7, 11) is 0. The monoisotopic (exact) mass is 286 g/mol. The standard InChI is InChI=1S/C10H7Cl2F3O2/c11-7-3-1-2-5(9(7)12)6(4-8(16)17)10(13,14)15/h1-3,6H,4H2,(H,16,17). The molecule has 0 aliphatic carbocycles. The molecular formula is C10H7Cl2F3O2. The minimum atomic E-state index is -4.69. The van der Waals surface area contributed by atoms with Crippen molar-refractivity contribution >= 4 is 29.2 Å². The van der Waals surface area contributed by atoms with Crippen molar-refractivity contribution in [2.24, 2.45) is 0 Å². The topological polar surface area (TPSA) is 37.3 Å². The highest BCUT2D eigenvalue weighted by molar-refractivity contribution is 6.42. The molecule has 17 heavy (non-hydrogen) atoms.